The molecule has 2 rings (SSSR count). The van der Waals surface area contributed by atoms with Gasteiger partial charge in [0.1, 0.15) is 5.82 Å². The molecular weight excluding hydrogens is 317 g/mol. The molecule has 1 N–H and O–H groups in total. The Bertz CT molecular complexity index is 545. The Hall–Kier alpha value is -1.19. The summed E-state index contributed by atoms with van der Waals surface area (Å²) in [7, 11) is 1.95. The minimum Gasteiger partial charge on any atom is -0.319 e. The van der Waals surface area contributed by atoms with E-state index in [0.717, 1.165) is 23.0 Å². The Morgan fingerprint density at radius 2 is 1.85 bits per heavy atom. The normalized spacial score (nSPS) is 12.4. The number of nitrogens with one attached hydrogen (secondary N) is 1. The van der Waals surface area contributed by atoms with Crippen LogP contribution in [0, 0.1) is 12.7 Å². The van der Waals surface area contributed by atoms with Gasteiger partial charge in [-0.25, -0.2) is 4.39 Å². The lowest BCUT2D eigenvalue weighted by Crippen LogP contribution is -2.19. The van der Waals surface area contributed by atoms with Gasteiger partial charge in [0, 0.05) is 16.9 Å². The summed E-state index contributed by atoms with van der Waals surface area (Å²) in [4.78, 5) is 0. The average Bonchev–Trinajstić information content (AvgIpc) is 2.38. The van der Waals surface area contributed by atoms with Crippen LogP contribution in [0.25, 0.3) is 0 Å². The summed E-state index contributed by atoms with van der Waals surface area (Å²) in [5.74, 6) is 0.149. The molecule has 106 valence electrons. The maximum absolute atomic E-state index is 13.5. The van der Waals surface area contributed by atoms with Gasteiger partial charge in [0.15, 0.2) is 0 Å². The highest BCUT2D eigenvalue weighted by atomic mass is 79.9. The molecule has 2 aromatic rings. The molecule has 0 amide bonds. The number of halogens is 2. The lowest BCUT2D eigenvalue weighted by molar-refractivity contribution is 0.607. The molecule has 0 heterocycles. The Labute approximate surface area is 128 Å². The van der Waals surface area contributed by atoms with Crippen molar-refractivity contribution in [1.29, 1.82) is 0 Å². The third-order valence-electron chi connectivity index (χ3n) is 3.40. The molecular formula is C17H19BrFN. The maximum Gasteiger partial charge on any atom is 0.124 e. The minimum absolute atomic E-state index is 0.193. The predicted molar refractivity (Wildman–Crippen MR) is 85.7 cm³/mol. The van der Waals surface area contributed by atoms with E-state index in [9.17, 15) is 4.39 Å². The van der Waals surface area contributed by atoms with Crippen LogP contribution in [0.3, 0.4) is 0 Å². The molecule has 1 nitrogen and oxygen atoms in total. The number of hydrogen-bond acceptors (Lipinski definition) is 1. The Morgan fingerprint density at radius 1 is 1.15 bits per heavy atom. The van der Waals surface area contributed by atoms with E-state index in [2.05, 4.69) is 52.4 Å². The lowest BCUT2D eigenvalue weighted by Gasteiger charge is -2.18. The zero-order valence-electron chi connectivity index (χ0n) is 11.8. The average molecular weight is 336 g/mol. The summed E-state index contributed by atoms with van der Waals surface area (Å²) < 4.78 is 14.3. The van der Waals surface area contributed by atoms with Crippen molar-refractivity contribution in [2.24, 2.45) is 0 Å². The van der Waals surface area contributed by atoms with Crippen molar-refractivity contribution in [1.82, 2.24) is 5.32 Å². The van der Waals surface area contributed by atoms with E-state index in [1.54, 1.807) is 6.07 Å². The first-order chi connectivity index (χ1) is 9.58. The fourth-order valence-electron chi connectivity index (χ4n) is 2.41. The van der Waals surface area contributed by atoms with Gasteiger partial charge in [0.25, 0.3) is 0 Å². The van der Waals surface area contributed by atoms with Crippen LogP contribution in [-0.2, 0) is 6.42 Å². The van der Waals surface area contributed by atoms with Crippen molar-refractivity contribution < 1.29 is 4.39 Å². The molecule has 0 spiro atoms. The standard InChI is InChI=1S/C17H19BrFN/c1-12-3-5-14(6-4-12)15(11-20-2)7-13-8-16(18)10-17(19)9-13/h3-6,8-10,15,20H,7,11H2,1-2H3. The number of benzene rings is 2. The van der Waals surface area contributed by atoms with Crippen LogP contribution in [0.1, 0.15) is 22.6 Å². The van der Waals surface area contributed by atoms with Crippen molar-refractivity contribution in [3.63, 3.8) is 0 Å². The molecule has 2 aromatic carbocycles. The zero-order valence-corrected chi connectivity index (χ0v) is 13.4. The van der Waals surface area contributed by atoms with E-state index in [4.69, 9.17) is 0 Å². The quantitative estimate of drug-likeness (QED) is 0.851. The molecule has 0 radical (unpaired) electrons. The number of aryl methyl sites for hydroxylation is 1. The van der Waals surface area contributed by atoms with Gasteiger partial charge in [0.05, 0.1) is 0 Å². The summed E-state index contributed by atoms with van der Waals surface area (Å²) in [5.41, 5.74) is 3.55. The summed E-state index contributed by atoms with van der Waals surface area (Å²) >= 11 is 3.35. The molecule has 0 saturated heterocycles. The summed E-state index contributed by atoms with van der Waals surface area (Å²) in [6.45, 7) is 2.96. The molecule has 0 aliphatic heterocycles. The predicted octanol–water partition coefficient (Wildman–Crippen LogP) is 4.44. The van der Waals surface area contributed by atoms with Crippen molar-refractivity contribution in [3.8, 4) is 0 Å². The smallest absolute Gasteiger partial charge is 0.124 e. The van der Waals surface area contributed by atoms with Crippen LogP contribution < -0.4 is 5.32 Å². The topological polar surface area (TPSA) is 12.0 Å². The highest BCUT2D eigenvalue weighted by Crippen LogP contribution is 2.23. The van der Waals surface area contributed by atoms with Gasteiger partial charge in [-0.15, -0.1) is 0 Å². The molecule has 0 aliphatic rings. The molecule has 0 fully saturated rings. The molecule has 20 heavy (non-hydrogen) atoms. The zero-order chi connectivity index (χ0) is 14.5. The summed E-state index contributed by atoms with van der Waals surface area (Å²) in [5, 5.41) is 3.22. The Balaban J connectivity index is 2.22. The molecule has 1 unspecified atom stereocenters. The van der Waals surface area contributed by atoms with Crippen molar-refractivity contribution >= 4 is 15.9 Å². The second-order valence-corrected chi connectivity index (χ2v) is 6.06. The summed E-state index contributed by atoms with van der Waals surface area (Å²) in [6.07, 6.45) is 0.820. The van der Waals surface area contributed by atoms with Crippen LogP contribution in [0.5, 0.6) is 0 Å². The first kappa shape index (κ1) is 15.2. The number of hydrogen-bond donors (Lipinski definition) is 1. The van der Waals surface area contributed by atoms with E-state index >= 15 is 0 Å². The van der Waals surface area contributed by atoms with E-state index in [1.807, 2.05) is 13.1 Å². The fourth-order valence-corrected chi connectivity index (χ4v) is 2.92. The van der Waals surface area contributed by atoms with Gasteiger partial charge < -0.3 is 5.32 Å². The van der Waals surface area contributed by atoms with E-state index in [1.165, 1.54) is 17.2 Å². The first-order valence-electron chi connectivity index (χ1n) is 6.74. The highest BCUT2D eigenvalue weighted by Gasteiger charge is 2.12. The third-order valence-corrected chi connectivity index (χ3v) is 3.86. The maximum atomic E-state index is 13.5. The van der Waals surface area contributed by atoms with Crippen molar-refractivity contribution in [3.05, 3.63) is 69.4 Å². The Kier molecular flexibility index (Phi) is 5.32. The van der Waals surface area contributed by atoms with Crippen LogP contribution in [0.4, 0.5) is 4.39 Å². The van der Waals surface area contributed by atoms with E-state index < -0.39 is 0 Å². The van der Waals surface area contributed by atoms with Crippen molar-refractivity contribution in [2.45, 2.75) is 19.3 Å². The first-order valence-corrected chi connectivity index (χ1v) is 7.54. The van der Waals surface area contributed by atoms with Gasteiger partial charge in [-0.3, -0.25) is 0 Å². The number of rotatable bonds is 5. The van der Waals surface area contributed by atoms with Crippen molar-refractivity contribution in [2.75, 3.05) is 13.6 Å². The lowest BCUT2D eigenvalue weighted by atomic mass is 9.91. The third kappa shape index (κ3) is 4.15. The van der Waals surface area contributed by atoms with Gasteiger partial charge >= 0.3 is 0 Å². The molecule has 0 aliphatic carbocycles. The van der Waals surface area contributed by atoms with Crippen LogP contribution >= 0.6 is 15.9 Å². The molecule has 0 saturated carbocycles. The molecule has 1 atom stereocenters. The van der Waals surface area contributed by atoms with Crippen LogP contribution in [0.2, 0.25) is 0 Å². The van der Waals surface area contributed by atoms with Crippen LogP contribution in [0.15, 0.2) is 46.9 Å². The van der Waals surface area contributed by atoms with Gasteiger partial charge in [-0.1, -0.05) is 45.8 Å². The molecule has 3 heteroatoms. The van der Waals surface area contributed by atoms with Gasteiger partial charge in [-0.2, -0.15) is 0 Å². The monoisotopic (exact) mass is 335 g/mol. The molecule has 0 bridgehead atoms. The SMILES string of the molecule is CNCC(Cc1cc(F)cc(Br)c1)c1ccc(C)cc1. The summed E-state index contributed by atoms with van der Waals surface area (Å²) in [6, 6.07) is 13.7. The second-order valence-electron chi connectivity index (χ2n) is 5.15. The fraction of sp³-hybridized carbons (Fsp3) is 0.294. The molecule has 0 aromatic heterocycles. The largest absolute Gasteiger partial charge is 0.319 e. The van der Waals surface area contributed by atoms with E-state index in [-0.39, 0.29) is 5.82 Å². The minimum atomic E-state index is -0.193. The Morgan fingerprint density at radius 3 is 2.45 bits per heavy atom. The number of likely N-dealkylation sites (N-methyl/N-ethyl adjacent to an activating group) is 1. The van der Waals surface area contributed by atoms with Crippen LogP contribution in [-0.4, -0.2) is 13.6 Å². The van der Waals surface area contributed by atoms with Gasteiger partial charge in [0.2, 0.25) is 0 Å². The van der Waals surface area contributed by atoms with Gasteiger partial charge in [-0.05, 0) is 49.7 Å². The highest BCUT2D eigenvalue weighted by molar-refractivity contribution is 9.10. The van der Waals surface area contributed by atoms with E-state index in [0.29, 0.717) is 5.92 Å². The second kappa shape index (κ2) is 7.00.